The van der Waals surface area contributed by atoms with Crippen LogP contribution in [0.2, 0.25) is 0 Å². The minimum atomic E-state index is -1.48. The molecule has 0 aromatic rings. The zero-order valence-corrected chi connectivity index (χ0v) is 23.0. The molecule has 11 heteroatoms. The number of carbonyl (C=O) groups excluding carboxylic acids is 1. The quantitative estimate of drug-likeness (QED) is 0.372. The van der Waals surface area contributed by atoms with Crippen LogP contribution in [0.3, 0.4) is 0 Å². The number of aliphatic hydroxyl groups is 1. The molecule has 0 aromatic heterocycles. The van der Waals surface area contributed by atoms with Crippen molar-refractivity contribution in [3.05, 3.63) is 0 Å². The topological polar surface area (TPSA) is 120 Å². The van der Waals surface area contributed by atoms with Gasteiger partial charge < -0.3 is 47.7 Å². The van der Waals surface area contributed by atoms with Crippen molar-refractivity contribution in [2.24, 2.45) is 34.5 Å². The van der Waals surface area contributed by atoms with Crippen LogP contribution in [0.1, 0.15) is 39.5 Å². The Morgan fingerprint density at radius 3 is 2.39 bits per heavy atom. The molecule has 0 amide bonds. The maximum Gasteiger partial charge on any atom is 0.341 e. The molecule has 6 fully saturated rings. The Labute approximate surface area is 223 Å². The highest BCUT2D eigenvalue weighted by molar-refractivity contribution is 5.82. The molecule has 3 saturated heterocycles. The van der Waals surface area contributed by atoms with E-state index in [0.717, 1.165) is 12.8 Å². The lowest BCUT2D eigenvalue weighted by Crippen LogP contribution is -2.78. The van der Waals surface area contributed by atoms with E-state index in [1.807, 2.05) is 0 Å². The number of fused-ring (bicyclic) bond motifs is 2. The molecule has 0 aromatic carbocycles. The number of hydrogen-bond donors (Lipinski definition) is 1. The minimum Gasteiger partial charge on any atom is -0.467 e. The summed E-state index contributed by atoms with van der Waals surface area (Å²) in [5.74, 6) is -1.45. The van der Waals surface area contributed by atoms with Crippen LogP contribution in [0.25, 0.3) is 0 Å². The van der Waals surface area contributed by atoms with Gasteiger partial charge in [0.1, 0.15) is 19.7 Å². The van der Waals surface area contributed by atoms with E-state index in [2.05, 4.69) is 13.8 Å². The molecule has 3 aliphatic carbocycles. The Morgan fingerprint density at radius 1 is 1.00 bits per heavy atom. The van der Waals surface area contributed by atoms with E-state index in [0.29, 0.717) is 19.6 Å². The number of hydrogen-bond acceptors (Lipinski definition) is 11. The molecule has 3 heterocycles. The van der Waals surface area contributed by atoms with Crippen LogP contribution in [0, 0.1) is 34.5 Å². The summed E-state index contributed by atoms with van der Waals surface area (Å²) >= 11 is 0. The van der Waals surface area contributed by atoms with Gasteiger partial charge in [0.25, 0.3) is 0 Å². The largest absolute Gasteiger partial charge is 0.467 e. The first-order valence-electron chi connectivity index (χ1n) is 13.8. The standard InChI is InChI=1S/C27H42O11/c1-15-16-10-18-25-12-37-27(23(29)32-5,17(25)11-19(28)38-18)22(34-14-31-4)20(33-13-30-3)21(25)24(16,2)6-7-26(15)35-8-9-36-26/h15-22,28H,6-14H2,1-5H3/t15-,16-,17+,18+,19+,20+,21+,22-,24-,25+,27-/m0/s1. The second-order valence-corrected chi connectivity index (χ2v) is 12.2. The molecule has 2 bridgehead atoms. The van der Waals surface area contributed by atoms with Crippen LogP contribution in [0.4, 0.5) is 0 Å². The third-order valence-corrected chi connectivity index (χ3v) is 11.1. The molecular formula is C27H42O11. The molecule has 11 atom stereocenters. The van der Waals surface area contributed by atoms with Gasteiger partial charge in [0.05, 0.1) is 39.1 Å². The zero-order chi connectivity index (χ0) is 26.9. The monoisotopic (exact) mass is 542 g/mol. The molecule has 2 spiro atoms. The fraction of sp³-hybridized carbons (Fsp3) is 0.963. The van der Waals surface area contributed by atoms with Crippen molar-refractivity contribution >= 4 is 5.97 Å². The summed E-state index contributed by atoms with van der Waals surface area (Å²) in [5, 5.41) is 11.0. The smallest absolute Gasteiger partial charge is 0.341 e. The van der Waals surface area contributed by atoms with Gasteiger partial charge in [-0.3, -0.25) is 0 Å². The summed E-state index contributed by atoms with van der Waals surface area (Å²) in [6.45, 7) is 5.95. The van der Waals surface area contributed by atoms with Crippen molar-refractivity contribution in [3.8, 4) is 0 Å². The van der Waals surface area contributed by atoms with Crippen molar-refractivity contribution in [3.63, 3.8) is 0 Å². The molecule has 6 rings (SSSR count). The van der Waals surface area contributed by atoms with Gasteiger partial charge in [0.2, 0.25) is 0 Å². The van der Waals surface area contributed by atoms with Crippen LogP contribution in [0.5, 0.6) is 0 Å². The van der Waals surface area contributed by atoms with Crippen molar-refractivity contribution in [1.29, 1.82) is 0 Å². The van der Waals surface area contributed by atoms with E-state index < -0.39 is 47.2 Å². The van der Waals surface area contributed by atoms with Gasteiger partial charge in [-0.1, -0.05) is 13.8 Å². The summed E-state index contributed by atoms with van der Waals surface area (Å²) in [6.07, 6.45) is -0.300. The lowest BCUT2D eigenvalue weighted by Gasteiger charge is -2.70. The van der Waals surface area contributed by atoms with E-state index >= 15 is 0 Å². The Morgan fingerprint density at radius 2 is 1.71 bits per heavy atom. The zero-order valence-electron chi connectivity index (χ0n) is 23.0. The van der Waals surface area contributed by atoms with E-state index in [-0.39, 0.29) is 55.9 Å². The summed E-state index contributed by atoms with van der Waals surface area (Å²) in [5.41, 5.74) is -2.32. The van der Waals surface area contributed by atoms with Crippen LogP contribution >= 0.6 is 0 Å². The average molecular weight is 543 g/mol. The first-order chi connectivity index (χ1) is 18.2. The number of esters is 1. The number of methoxy groups -OCH3 is 3. The third-order valence-electron chi connectivity index (χ3n) is 11.1. The number of carbonyl (C=O) groups is 1. The molecule has 11 nitrogen and oxygen atoms in total. The molecule has 38 heavy (non-hydrogen) atoms. The second kappa shape index (κ2) is 9.60. The SMILES string of the molecule is COCO[C@@H]1[C@@H]2[C@@]3(C)CCC4(OCCO4)[C@@H](C)[C@@H]3C[C@H]3O[C@@H](O)C[C@H]4[C@](C(=O)OC)(OC[C@]234)[C@H]1OCOC. The number of ether oxygens (including phenoxy) is 9. The summed E-state index contributed by atoms with van der Waals surface area (Å²) in [6, 6.07) is 0. The fourth-order valence-corrected chi connectivity index (χ4v) is 9.78. The van der Waals surface area contributed by atoms with Gasteiger partial charge in [-0.2, -0.15) is 0 Å². The maximum atomic E-state index is 13.7. The molecule has 216 valence electrons. The number of aliphatic hydroxyl groups excluding tert-OH is 1. The molecule has 1 N–H and O–H groups in total. The Hall–Kier alpha value is -0.890. The Kier molecular flexibility index (Phi) is 6.89. The summed E-state index contributed by atoms with van der Waals surface area (Å²) < 4.78 is 54.3. The van der Waals surface area contributed by atoms with E-state index in [1.54, 1.807) is 7.11 Å². The third kappa shape index (κ3) is 3.37. The normalized spacial score (nSPS) is 50.5. The lowest BCUT2D eigenvalue weighted by molar-refractivity contribution is -0.355. The molecular weight excluding hydrogens is 500 g/mol. The van der Waals surface area contributed by atoms with Crippen molar-refractivity contribution in [2.75, 3.05) is 54.7 Å². The van der Waals surface area contributed by atoms with Crippen molar-refractivity contribution in [1.82, 2.24) is 0 Å². The van der Waals surface area contributed by atoms with Crippen LogP contribution in [-0.2, 0) is 47.4 Å². The van der Waals surface area contributed by atoms with Gasteiger partial charge in [-0.05, 0) is 24.2 Å². The lowest BCUT2D eigenvalue weighted by atomic mass is 9.37. The summed E-state index contributed by atoms with van der Waals surface area (Å²) in [7, 11) is 4.46. The van der Waals surface area contributed by atoms with Crippen molar-refractivity contribution in [2.45, 2.75) is 75.5 Å². The molecule has 6 aliphatic rings. The molecule has 3 saturated carbocycles. The summed E-state index contributed by atoms with van der Waals surface area (Å²) in [4.78, 5) is 13.7. The minimum absolute atomic E-state index is 0.0205. The second-order valence-electron chi connectivity index (χ2n) is 12.2. The number of rotatable bonds is 7. The first kappa shape index (κ1) is 27.3. The highest BCUT2D eigenvalue weighted by Gasteiger charge is 2.83. The maximum absolute atomic E-state index is 13.7. The van der Waals surface area contributed by atoms with Gasteiger partial charge in [-0.15, -0.1) is 0 Å². The van der Waals surface area contributed by atoms with E-state index in [4.69, 9.17) is 42.6 Å². The molecule has 0 radical (unpaired) electrons. The van der Waals surface area contributed by atoms with Gasteiger partial charge in [0.15, 0.2) is 17.7 Å². The highest BCUT2D eigenvalue weighted by Crippen LogP contribution is 2.74. The predicted molar refractivity (Wildman–Crippen MR) is 128 cm³/mol. The fourth-order valence-electron chi connectivity index (χ4n) is 9.78. The van der Waals surface area contributed by atoms with E-state index in [9.17, 15) is 9.90 Å². The molecule has 0 unspecified atom stereocenters. The first-order valence-corrected chi connectivity index (χ1v) is 13.8. The Balaban J connectivity index is 1.52. The van der Waals surface area contributed by atoms with Crippen LogP contribution < -0.4 is 0 Å². The molecule has 3 aliphatic heterocycles. The van der Waals surface area contributed by atoms with Crippen LogP contribution in [-0.4, -0.2) is 102 Å². The van der Waals surface area contributed by atoms with E-state index in [1.165, 1.54) is 14.2 Å². The predicted octanol–water partition coefficient (Wildman–Crippen LogP) is 1.45. The van der Waals surface area contributed by atoms with Gasteiger partial charge >= 0.3 is 5.97 Å². The highest BCUT2D eigenvalue weighted by atomic mass is 16.7. The Bertz CT molecular complexity index is 909. The van der Waals surface area contributed by atoms with Gasteiger partial charge in [-0.25, -0.2) is 4.79 Å². The van der Waals surface area contributed by atoms with Crippen molar-refractivity contribution < 1.29 is 52.5 Å². The van der Waals surface area contributed by atoms with Crippen LogP contribution in [0.15, 0.2) is 0 Å². The average Bonchev–Trinajstić information content (AvgIpc) is 3.49. The van der Waals surface area contributed by atoms with Gasteiger partial charge in [0, 0.05) is 50.2 Å².